The second kappa shape index (κ2) is 3.27. The minimum atomic E-state index is 0.164. The third kappa shape index (κ3) is 1.44. The van der Waals surface area contributed by atoms with E-state index in [1.165, 1.54) is 0 Å². The van der Waals surface area contributed by atoms with E-state index >= 15 is 0 Å². The van der Waals surface area contributed by atoms with E-state index in [9.17, 15) is 4.79 Å². The number of nitrogens with zero attached hydrogens (tertiary/aromatic N) is 2. The molecule has 2 aliphatic rings. The van der Waals surface area contributed by atoms with Gasteiger partial charge in [0.25, 0.3) is 0 Å². The van der Waals surface area contributed by atoms with Crippen molar-refractivity contribution in [2.24, 2.45) is 5.92 Å². The van der Waals surface area contributed by atoms with E-state index in [-0.39, 0.29) is 11.8 Å². The first-order chi connectivity index (χ1) is 6.20. The molecule has 0 spiro atoms. The van der Waals surface area contributed by atoms with Gasteiger partial charge in [0.05, 0.1) is 19.2 Å². The largest absolute Gasteiger partial charge is 0.380 e. The number of hydrogen-bond acceptors (Lipinski definition) is 3. The van der Waals surface area contributed by atoms with Crippen molar-refractivity contribution >= 4 is 5.91 Å². The fourth-order valence-corrected chi connectivity index (χ4v) is 2.24. The van der Waals surface area contributed by atoms with Gasteiger partial charge in [-0.3, -0.25) is 9.69 Å². The summed E-state index contributed by atoms with van der Waals surface area (Å²) in [6.45, 7) is 2.17. The van der Waals surface area contributed by atoms with Gasteiger partial charge in [-0.2, -0.15) is 0 Å². The molecule has 4 heteroatoms. The summed E-state index contributed by atoms with van der Waals surface area (Å²) >= 11 is 0. The average molecular weight is 184 g/mol. The Balaban J connectivity index is 2.15. The van der Waals surface area contributed by atoms with Crippen LogP contribution in [0.5, 0.6) is 0 Å². The number of rotatable bonds is 0. The molecule has 0 aromatic rings. The van der Waals surface area contributed by atoms with Crippen LogP contribution in [0.15, 0.2) is 0 Å². The van der Waals surface area contributed by atoms with Gasteiger partial charge in [-0.05, 0) is 13.5 Å². The molecule has 4 nitrogen and oxygen atoms in total. The maximum Gasteiger partial charge on any atom is 0.228 e. The van der Waals surface area contributed by atoms with E-state index in [0.717, 1.165) is 19.7 Å². The van der Waals surface area contributed by atoms with E-state index in [2.05, 4.69) is 11.9 Å². The molecule has 2 fully saturated rings. The lowest BCUT2D eigenvalue weighted by molar-refractivity contribution is -0.153. The third-order valence-electron chi connectivity index (χ3n) is 3.02. The fourth-order valence-electron chi connectivity index (χ4n) is 2.24. The van der Waals surface area contributed by atoms with Crippen LogP contribution in [0.3, 0.4) is 0 Å². The highest BCUT2D eigenvalue weighted by molar-refractivity contribution is 5.80. The van der Waals surface area contributed by atoms with Gasteiger partial charge >= 0.3 is 0 Å². The molecule has 0 radical (unpaired) electrons. The Bertz CT molecular complexity index is 220. The lowest BCUT2D eigenvalue weighted by atomic mass is 9.91. The Hall–Kier alpha value is -0.610. The van der Waals surface area contributed by atoms with Crippen molar-refractivity contribution in [3.8, 4) is 0 Å². The first kappa shape index (κ1) is 8.97. The number of amides is 1. The quantitative estimate of drug-likeness (QED) is 0.520. The molecular formula is C9H16N2O2. The monoisotopic (exact) mass is 184 g/mol. The Labute approximate surface area is 78.4 Å². The molecule has 2 aliphatic heterocycles. The average Bonchev–Trinajstić information content (AvgIpc) is 2.15. The van der Waals surface area contributed by atoms with Crippen molar-refractivity contribution in [3.63, 3.8) is 0 Å². The summed E-state index contributed by atoms with van der Waals surface area (Å²) in [5, 5.41) is 0. The molecule has 0 bridgehead atoms. The smallest absolute Gasteiger partial charge is 0.228 e. The maximum atomic E-state index is 11.7. The Kier molecular flexibility index (Phi) is 2.26. The van der Waals surface area contributed by atoms with Gasteiger partial charge in [-0.1, -0.05) is 0 Å². The summed E-state index contributed by atoms with van der Waals surface area (Å²) in [7, 11) is 3.92. The van der Waals surface area contributed by atoms with Gasteiger partial charge in [0.15, 0.2) is 0 Å². The molecule has 2 atom stereocenters. The molecule has 0 saturated carbocycles. The zero-order valence-electron chi connectivity index (χ0n) is 8.19. The lowest BCUT2D eigenvalue weighted by Crippen LogP contribution is -2.59. The Morgan fingerprint density at radius 1 is 1.46 bits per heavy atom. The topological polar surface area (TPSA) is 32.8 Å². The summed E-state index contributed by atoms with van der Waals surface area (Å²) in [5.74, 6) is 0.448. The predicted molar refractivity (Wildman–Crippen MR) is 48.1 cm³/mol. The highest BCUT2D eigenvalue weighted by Crippen LogP contribution is 2.25. The number of carbonyl (C=O) groups excluding carboxylic acids is 1. The molecule has 1 amide bonds. The zero-order valence-corrected chi connectivity index (χ0v) is 8.19. The molecule has 2 saturated heterocycles. The minimum absolute atomic E-state index is 0.164. The van der Waals surface area contributed by atoms with Crippen LogP contribution in [0.4, 0.5) is 0 Å². The minimum Gasteiger partial charge on any atom is -0.380 e. The van der Waals surface area contributed by atoms with Gasteiger partial charge in [0, 0.05) is 19.7 Å². The number of carbonyl (C=O) groups is 1. The zero-order chi connectivity index (χ0) is 9.42. The van der Waals surface area contributed by atoms with E-state index in [4.69, 9.17) is 4.74 Å². The Morgan fingerprint density at radius 3 is 3.00 bits per heavy atom. The summed E-state index contributed by atoms with van der Waals surface area (Å²) < 4.78 is 5.38. The molecule has 2 rings (SSSR count). The molecule has 2 heterocycles. The molecule has 2 unspecified atom stereocenters. The summed E-state index contributed by atoms with van der Waals surface area (Å²) in [6.07, 6.45) is 0.873. The third-order valence-corrected chi connectivity index (χ3v) is 3.02. The van der Waals surface area contributed by atoms with Crippen molar-refractivity contribution in [1.82, 2.24) is 9.80 Å². The van der Waals surface area contributed by atoms with Crippen LogP contribution in [-0.2, 0) is 9.53 Å². The molecular weight excluding hydrogens is 168 g/mol. The number of hydrogen-bond donors (Lipinski definition) is 0. The van der Waals surface area contributed by atoms with Crippen LogP contribution in [0.1, 0.15) is 6.42 Å². The molecule has 0 aromatic carbocycles. The highest BCUT2D eigenvalue weighted by atomic mass is 16.5. The van der Waals surface area contributed by atoms with Crippen molar-refractivity contribution in [2.75, 3.05) is 34.0 Å². The Morgan fingerprint density at radius 2 is 2.23 bits per heavy atom. The number of ether oxygens (including phenoxy) is 1. The SMILES string of the molecule is CN1CN(C)C2COCCC2C1=O. The second-order valence-corrected chi connectivity index (χ2v) is 3.97. The van der Waals surface area contributed by atoms with Crippen LogP contribution in [0, 0.1) is 5.92 Å². The lowest BCUT2D eigenvalue weighted by Gasteiger charge is -2.44. The van der Waals surface area contributed by atoms with E-state index in [1.807, 2.05) is 7.05 Å². The summed E-state index contributed by atoms with van der Waals surface area (Å²) in [6, 6.07) is 0.303. The normalized spacial score (nSPS) is 36.2. The summed E-state index contributed by atoms with van der Waals surface area (Å²) in [5.41, 5.74) is 0. The van der Waals surface area contributed by atoms with E-state index in [0.29, 0.717) is 12.6 Å². The van der Waals surface area contributed by atoms with E-state index in [1.54, 1.807) is 4.90 Å². The predicted octanol–water partition coefficient (Wildman–Crippen LogP) is -0.247. The van der Waals surface area contributed by atoms with Crippen LogP contribution < -0.4 is 0 Å². The van der Waals surface area contributed by atoms with E-state index < -0.39 is 0 Å². The van der Waals surface area contributed by atoms with Gasteiger partial charge in [0.2, 0.25) is 5.91 Å². The van der Waals surface area contributed by atoms with Crippen LogP contribution >= 0.6 is 0 Å². The van der Waals surface area contributed by atoms with Crippen molar-refractivity contribution in [2.45, 2.75) is 12.5 Å². The summed E-state index contributed by atoms with van der Waals surface area (Å²) in [4.78, 5) is 15.7. The van der Waals surface area contributed by atoms with Crippen molar-refractivity contribution in [1.29, 1.82) is 0 Å². The number of likely N-dealkylation sites (N-methyl/N-ethyl adjacent to an activating group) is 1. The molecule has 0 aromatic heterocycles. The van der Waals surface area contributed by atoms with Crippen LogP contribution in [-0.4, -0.2) is 55.7 Å². The van der Waals surface area contributed by atoms with Gasteiger partial charge in [-0.25, -0.2) is 0 Å². The first-order valence-electron chi connectivity index (χ1n) is 4.73. The van der Waals surface area contributed by atoms with Crippen molar-refractivity contribution < 1.29 is 9.53 Å². The van der Waals surface area contributed by atoms with Crippen LogP contribution in [0.25, 0.3) is 0 Å². The number of fused-ring (bicyclic) bond motifs is 1. The van der Waals surface area contributed by atoms with Gasteiger partial charge < -0.3 is 9.64 Å². The van der Waals surface area contributed by atoms with Gasteiger partial charge in [0.1, 0.15) is 0 Å². The molecule has 0 N–H and O–H groups in total. The standard InChI is InChI=1S/C9H16N2O2/c1-10-6-11(2)9(12)7-3-4-13-5-8(7)10/h7-8H,3-6H2,1-2H3. The van der Waals surface area contributed by atoms with Gasteiger partial charge in [-0.15, -0.1) is 0 Å². The molecule has 13 heavy (non-hydrogen) atoms. The molecule has 0 aliphatic carbocycles. The van der Waals surface area contributed by atoms with Crippen LogP contribution in [0.2, 0.25) is 0 Å². The highest BCUT2D eigenvalue weighted by Gasteiger charge is 2.39. The fraction of sp³-hybridized carbons (Fsp3) is 0.889. The molecule has 74 valence electrons. The maximum absolute atomic E-state index is 11.7. The van der Waals surface area contributed by atoms with Crippen molar-refractivity contribution in [3.05, 3.63) is 0 Å². The first-order valence-corrected chi connectivity index (χ1v) is 4.73. The second-order valence-electron chi connectivity index (χ2n) is 3.97.